The van der Waals surface area contributed by atoms with Crippen LogP contribution in [0.1, 0.15) is 22.5 Å². The highest BCUT2D eigenvalue weighted by Crippen LogP contribution is 2.38. The molecule has 30 heavy (non-hydrogen) atoms. The molecule has 2 heterocycles. The molecule has 5 heteroatoms. The number of pyridine rings is 1. The maximum Gasteiger partial charge on any atom is 0.272 e. The third-order valence-electron chi connectivity index (χ3n) is 5.86. The van der Waals surface area contributed by atoms with Crippen LogP contribution in [0.5, 0.6) is 0 Å². The fourth-order valence-corrected chi connectivity index (χ4v) is 4.31. The van der Waals surface area contributed by atoms with Gasteiger partial charge in [-0.25, -0.2) is 0 Å². The molecule has 0 spiro atoms. The highest BCUT2D eigenvalue weighted by Gasteiger charge is 2.46. The summed E-state index contributed by atoms with van der Waals surface area (Å²) >= 11 is 0. The van der Waals surface area contributed by atoms with Gasteiger partial charge in [-0.2, -0.15) is 0 Å². The zero-order valence-electron chi connectivity index (χ0n) is 17.0. The Morgan fingerprint density at radius 2 is 1.73 bits per heavy atom. The number of carbonyl (C=O) groups excluding carboxylic acids is 2. The predicted molar refractivity (Wildman–Crippen MR) is 117 cm³/mol. The van der Waals surface area contributed by atoms with Crippen molar-refractivity contribution in [3.05, 3.63) is 90.3 Å². The Hall–Kier alpha value is -3.47. The van der Waals surface area contributed by atoms with Gasteiger partial charge in [0.15, 0.2) is 0 Å². The third-order valence-corrected chi connectivity index (χ3v) is 5.86. The van der Waals surface area contributed by atoms with E-state index in [9.17, 15) is 9.59 Å². The van der Waals surface area contributed by atoms with E-state index in [2.05, 4.69) is 34.6 Å². The zero-order valence-corrected chi connectivity index (χ0v) is 17.0. The van der Waals surface area contributed by atoms with Crippen molar-refractivity contribution in [2.24, 2.45) is 5.41 Å². The van der Waals surface area contributed by atoms with Gasteiger partial charge in [0.1, 0.15) is 5.69 Å². The van der Waals surface area contributed by atoms with E-state index in [1.54, 1.807) is 36.3 Å². The molecule has 5 nitrogen and oxygen atoms in total. The minimum absolute atomic E-state index is 0.0262. The Labute approximate surface area is 176 Å². The lowest BCUT2D eigenvalue weighted by atomic mass is 9.78. The summed E-state index contributed by atoms with van der Waals surface area (Å²) < 4.78 is 0. The molecule has 1 N–H and O–H groups in total. The van der Waals surface area contributed by atoms with E-state index in [1.807, 2.05) is 30.3 Å². The van der Waals surface area contributed by atoms with Crippen LogP contribution in [0.25, 0.3) is 11.1 Å². The molecule has 0 saturated carbocycles. The number of nitrogens with zero attached hydrogens (tertiary/aromatic N) is 2. The molecular weight excluding hydrogens is 374 g/mol. The van der Waals surface area contributed by atoms with E-state index in [4.69, 9.17) is 0 Å². The first-order valence-corrected chi connectivity index (χ1v) is 10.2. The molecule has 0 bridgehead atoms. The number of hydrogen-bond donors (Lipinski definition) is 1. The van der Waals surface area contributed by atoms with Crippen molar-refractivity contribution in [3.8, 4) is 11.1 Å². The highest BCUT2D eigenvalue weighted by atomic mass is 16.2. The summed E-state index contributed by atoms with van der Waals surface area (Å²) in [6.45, 7) is 0.918. The smallest absolute Gasteiger partial charge is 0.272 e. The van der Waals surface area contributed by atoms with E-state index in [1.165, 1.54) is 0 Å². The van der Waals surface area contributed by atoms with E-state index >= 15 is 0 Å². The molecule has 1 fully saturated rings. The van der Waals surface area contributed by atoms with Crippen molar-refractivity contribution in [3.63, 3.8) is 0 Å². The molecule has 4 rings (SSSR count). The third kappa shape index (κ3) is 3.83. The average molecular weight is 399 g/mol. The predicted octanol–water partition coefficient (Wildman–Crippen LogP) is 3.57. The lowest BCUT2D eigenvalue weighted by Gasteiger charge is -2.28. The first-order chi connectivity index (χ1) is 14.6. The van der Waals surface area contributed by atoms with Crippen molar-refractivity contribution in [1.29, 1.82) is 0 Å². The fraction of sp³-hybridized carbons (Fsp3) is 0.240. The monoisotopic (exact) mass is 399 g/mol. The normalized spacial score (nSPS) is 18.2. The number of benzene rings is 2. The van der Waals surface area contributed by atoms with Crippen LogP contribution >= 0.6 is 0 Å². The van der Waals surface area contributed by atoms with Crippen molar-refractivity contribution >= 4 is 11.8 Å². The maximum absolute atomic E-state index is 13.0. The molecular formula is C25H25N3O2. The van der Waals surface area contributed by atoms with E-state index < -0.39 is 5.41 Å². The summed E-state index contributed by atoms with van der Waals surface area (Å²) in [6, 6.07) is 23.7. The minimum atomic E-state index is -0.663. The van der Waals surface area contributed by atoms with Crippen LogP contribution in [0.2, 0.25) is 0 Å². The van der Waals surface area contributed by atoms with Gasteiger partial charge < -0.3 is 10.2 Å². The van der Waals surface area contributed by atoms with E-state index in [0.29, 0.717) is 31.6 Å². The van der Waals surface area contributed by atoms with Crippen molar-refractivity contribution in [2.45, 2.75) is 12.8 Å². The van der Waals surface area contributed by atoms with Gasteiger partial charge >= 0.3 is 0 Å². The molecule has 2 amide bonds. The largest absolute Gasteiger partial charge is 0.359 e. The van der Waals surface area contributed by atoms with Crippen molar-refractivity contribution < 1.29 is 9.59 Å². The van der Waals surface area contributed by atoms with Crippen LogP contribution in [-0.2, 0) is 11.2 Å². The highest BCUT2D eigenvalue weighted by molar-refractivity contribution is 5.94. The van der Waals surface area contributed by atoms with Gasteiger partial charge in [-0.15, -0.1) is 0 Å². The number of aromatic nitrogens is 1. The Morgan fingerprint density at radius 3 is 2.47 bits per heavy atom. The molecule has 3 aromatic rings. The van der Waals surface area contributed by atoms with Crippen LogP contribution in [0, 0.1) is 5.41 Å². The van der Waals surface area contributed by atoms with E-state index in [0.717, 1.165) is 16.7 Å². The number of amides is 2. The SMILES string of the molecule is CNC(=O)C1(Cc2ccccc2-c2ccccc2)CCN(C(=O)c2ccccn2)C1. The lowest BCUT2D eigenvalue weighted by Crippen LogP contribution is -2.44. The number of hydrogen-bond acceptors (Lipinski definition) is 3. The van der Waals surface area contributed by atoms with Gasteiger partial charge in [0.2, 0.25) is 5.91 Å². The molecule has 2 aromatic carbocycles. The number of rotatable bonds is 5. The molecule has 1 aliphatic heterocycles. The number of nitrogens with one attached hydrogen (secondary N) is 1. The summed E-state index contributed by atoms with van der Waals surface area (Å²) in [4.78, 5) is 31.9. The van der Waals surface area contributed by atoms with Crippen LogP contribution in [-0.4, -0.2) is 41.8 Å². The van der Waals surface area contributed by atoms with Gasteiger partial charge in [0.05, 0.1) is 5.41 Å². The standard InChI is InChI=1S/C25H25N3O2/c1-26-24(30)25(14-16-28(18-25)23(29)22-13-7-8-15-27-22)17-20-11-5-6-12-21(20)19-9-3-2-4-10-19/h2-13,15H,14,16-18H2,1H3,(H,26,30). The quantitative estimate of drug-likeness (QED) is 0.713. The number of likely N-dealkylation sites (tertiary alicyclic amines) is 1. The Kier molecular flexibility index (Phi) is 5.61. The summed E-state index contributed by atoms with van der Waals surface area (Å²) in [5.74, 6) is -0.153. The molecule has 1 saturated heterocycles. The van der Waals surface area contributed by atoms with Crippen molar-refractivity contribution in [1.82, 2.24) is 15.2 Å². The zero-order chi connectivity index (χ0) is 21.0. The Bertz CT molecular complexity index is 1040. The first-order valence-electron chi connectivity index (χ1n) is 10.2. The topological polar surface area (TPSA) is 62.3 Å². The van der Waals surface area contributed by atoms with Crippen molar-refractivity contribution in [2.75, 3.05) is 20.1 Å². The lowest BCUT2D eigenvalue weighted by molar-refractivity contribution is -0.129. The van der Waals surface area contributed by atoms with E-state index in [-0.39, 0.29) is 11.8 Å². The second kappa shape index (κ2) is 8.49. The molecule has 152 valence electrons. The van der Waals surface area contributed by atoms with Gasteiger partial charge in [0.25, 0.3) is 5.91 Å². The summed E-state index contributed by atoms with van der Waals surface area (Å²) in [6.07, 6.45) is 2.81. The molecule has 0 aliphatic carbocycles. The molecule has 1 unspecified atom stereocenters. The molecule has 1 aromatic heterocycles. The Balaban J connectivity index is 1.64. The molecule has 0 radical (unpaired) electrons. The van der Waals surface area contributed by atoms with Crippen LogP contribution in [0.3, 0.4) is 0 Å². The summed E-state index contributed by atoms with van der Waals surface area (Å²) in [5, 5.41) is 2.83. The maximum atomic E-state index is 13.0. The average Bonchev–Trinajstić information content (AvgIpc) is 3.24. The second-order valence-electron chi connectivity index (χ2n) is 7.75. The van der Waals surface area contributed by atoms with Crippen LogP contribution in [0.15, 0.2) is 79.0 Å². The van der Waals surface area contributed by atoms with Crippen LogP contribution in [0.4, 0.5) is 0 Å². The summed E-state index contributed by atoms with van der Waals surface area (Å²) in [5.41, 5.74) is 3.11. The molecule has 1 aliphatic rings. The van der Waals surface area contributed by atoms with Gasteiger partial charge in [-0.3, -0.25) is 14.6 Å². The number of carbonyl (C=O) groups is 2. The van der Waals surface area contributed by atoms with Gasteiger partial charge in [-0.05, 0) is 41.7 Å². The first kappa shape index (κ1) is 19.8. The molecule has 1 atom stereocenters. The summed E-state index contributed by atoms with van der Waals surface area (Å²) in [7, 11) is 1.66. The van der Waals surface area contributed by atoms with Gasteiger partial charge in [-0.1, -0.05) is 60.7 Å². The van der Waals surface area contributed by atoms with Crippen LogP contribution < -0.4 is 5.32 Å². The van der Waals surface area contributed by atoms with Gasteiger partial charge in [0, 0.05) is 26.3 Å². The Morgan fingerprint density at radius 1 is 1.00 bits per heavy atom. The minimum Gasteiger partial charge on any atom is -0.359 e. The fourth-order valence-electron chi connectivity index (χ4n) is 4.31. The second-order valence-corrected chi connectivity index (χ2v) is 7.75.